The lowest BCUT2D eigenvalue weighted by Crippen LogP contribution is -2.48. The molecular formula is C21H22ClN3O2S. The van der Waals surface area contributed by atoms with Crippen molar-refractivity contribution >= 4 is 38.9 Å². The number of carbonyl (C=O) groups is 1. The fourth-order valence-electron chi connectivity index (χ4n) is 4.56. The summed E-state index contributed by atoms with van der Waals surface area (Å²) in [6.45, 7) is 2.14. The number of anilines is 1. The zero-order valence-electron chi connectivity index (χ0n) is 15.9. The Morgan fingerprint density at radius 1 is 1.29 bits per heavy atom. The fraction of sp³-hybridized carbons (Fsp3) is 0.333. The second-order valence-corrected chi connectivity index (χ2v) is 9.50. The highest BCUT2D eigenvalue weighted by molar-refractivity contribution is 8.19. The van der Waals surface area contributed by atoms with Crippen molar-refractivity contribution in [3.8, 4) is 0 Å². The summed E-state index contributed by atoms with van der Waals surface area (Å²) in [6, 6.07) is 7.89. The monoisotopic (exact) mass is 415 g/mol. The number of benzene rings is 1. The van der Waals surface area contributed by atoms with E-state index in [0.717, 1.165) is 18.7 Å². The van der Waals surface area contributed by atoms with Gasteiger partial charge >= 0.3 is 6.09 Å². The number of carbonyl (C=O) groups excluding carboxylic acids is 1. The molecule has 1 aromatic carbocycles. The molecule has 0 radical (unpaired) electrons. The van der Waals surface area contributed by atoms with Crippen molar-refractivity contribution in [1.82, 2.24) is 9.80 Å². The lowest BCUT2D eigenvalue weighted by molar-refractivity contribution is 0.109. The van der Waals surface area contributed by atoms with Crippen LogP contribution in [0.4, 0.5) is 10.5 Å². The highest BCUT2D eigenvalue weighted by Crippen LogP contribution is 2.48. The summed E-state index contributed by atoms with van der Waals surface area (Å²) >= 11 is 6.54. The molecule has 1 aromatic rings. The largest absolute Gasteiger partial charge is 0.453 e. The van der Waals surface area contributed by atoms with Gasteiger partial charge in [-0.25, -0.2) is 9.69 Å². The standard InChI is InChI=1S/C21H22ClN3O2S/c1-27-21(26)25-11-10-24-19(25)13-23(17-8-4-3-7-16(17)22)12-15-14-6-5-9-18(14)28(2)20(15)24/h3-5,7-9,12,19H,6,10-11,13H2,1-2H3. The second kappa shape index (κ2) is 6.79. The third kappa shape index (κ3) is 2.59. The summed E-state index contributed by atoms with van der Waals surface area (Å²) < 4.78 is 5.07. The molecule has 0 bridgehead atoms. The van der Waals surface area contributed by atoms with E-state index >= 15 is 0 Å². The van der Waals surface area contributed by atoms with Crippen LogP contribution in [0.2, 0.25) is 5.02 Å². The Morgan fingerprint density at radius 3 is 2.89 bits per heavy atom. The van der Waals surface area contributed by atoms with Crippen LogP contribution in [0.5, 0.6) is 0 Å². The first-order valence-corrected chi connectivity index (χ1v) is 11.4. The molecule has 3 aliphatic heterocycles. The van der Waals surface area contributed by atoms with E-state index < -0.39 is 0 Å². The lowest BCUT2D eigenvalue weighted by Gasteiger charge is -2.32. The van der Waals surface area contributed by atoms with Crippen LogP contribution in [-0.2, 0) is 4.74 Å². The van der Waals surface area contributed by atoms with Crippen LogP contribution in [0.25, 0.3) is 0 Å². The van der Waals surface area contributed by atoms with E-state index in [1.165, 1.54) is 28.1 Å². The number of ether oxygens (including phenoxy) is 1. The number of hydrogen-bond donors (Lipinski definition) is 0. The van der Waals surface area contributed by atoms with E-state index in [9.17, 15) is 4.79 Å². The van der Waals surface area contributed by atoms with Gasteiger partial charge < -0.3 is 9.64 Å². The zero-order chi connectivity index (χ0) is 19.4. The first kappa shape index (κ1) is 18.0. The van der Waals surface area contributed by atoms with Crippen molar-refractivity contribution in [3.05, 3.63) is 63.7 Å². The van der Waals surface area contributed by atoms with Crippen molar-refractivity contribution < 1.29 is 9.53 Å². The molecule has 2 unspecified atom stereocenters. The third-order valence-corrected chi connectivity index (χ3v) is 8.24. The van der Waals surface area contributed by atoms with Gasteiger partial charge in [0.15, 0.2) is 0 Å². The molecule has 0 spiro atoms. The number of amides is 1. The molecule has 4 aliphatic rings. The van der Waals surface area contributed by atoms with Gasteiger partial charge in [0.2, 0.25) is 0 Å². The van der Waals surface area contributed by atoms with Gasteiger partial charge in [-0.2, -0.15) is 0 Å². The van der Waals surface area contributed by atoms with Gasteiger partial charge in [0.05, 0.1) is 29.4 Å². The van der Waals surface area contributed by atoms with Crippen LogP contribution in [0.3, 0.4) is 0 Å². The third-order valence-electron chi connectivity index (χ3n) is 5.84. The molecule has 1 amide bonds. The molecule has 0 N–H and O–H groups in total. The first-order chi connectivity index (χ1) is 13.6. The maximum Gasteiger partial charge on any atom is 0.410 e. The summed E-state index contributed by atoms with van der Waals surface area (Å²) in [5.41, 5.74) is 3.67. The molecule has 5 nitrogen and oxygen atoms in total. The average molecular weight is 416 g/mol. The number of halogens is 1. The fourth-order valence-corrected chi connectivity index (χ4v) is 6.95. The van der Waals surface area contributed by atoms with Crippen LogP contribution in [-0.4, -0.2) is 60.0 Å². The molecule has 0 saturated carbocycles. The molecule has 0 aromatic heterocycles. The van der Waals surface area contributed by atoms with Crippen molar-refractivity contribution in [2.75, 3.05) is 37.9 Å². The van der Waals surface area contributed by atoms with Crippen molar-refractivity contribution in [1.29, 1.82) is 0 Å². The van der Waals surface area contributed by atoms with Gasteiger partial charge in [0, 0.05) is 29.8 Å². The number of nitrogens with zero attached hydrogens (tertiary/aromatic N) is 3. The molecule has 3 heterocycles. The Bertz CT molecular complexity index is 997. The van der Waals surface area contributed by atoms with Gasteiger partial charge in [0.1, 0.15) is 6.17 Å². The van der Waals surface area contributed by atoms with E-state index in [1.807, 2.05) is 29.2 Å². The number of hydrogen-bond acceptors (Lipinski definition) is 4. The van der Waals surface area contributed by atoms with Crippen LogP contribution >= 0.6 is 22.1 Å². The SMILES string of the molecule is COC(=O)N1CCN2C3=S(C)C4=C(CC=C4)C3=CN(c3ccccc3Cl)CC12. The maximum atomic E-state index is 12.4. The molecule has 1 saturated heterocycles. The van der Waals surface area contributed by atoms with Gasteiger partial charge in [-0.1, -0.05) is 35.9 Å². The second-order valence-electron chi connectivity index (χ2n) is 7.25. The molecule has 28 heavy (non-hydrogen) atoms. The number of para-hydroxylation sites is 1. The quantitative estimate of drug-likeness (QED) is 0.649. The zero-order valence-corrected chi connectivity index (χ0v) is 17.5. The Hall–Kier alpha value is -2.02. The smallest absolute Gasteiger partial charge is 0.410 e. The van der Waals surface area contributed by atoms with Crippen LogP contribution in [0.1, 0.15) is 6.42 Å². The highest BCUT2D eigenvalue weighted by Gasteiger charge is 2.44. The Balaban J connectivity index is 1.66. The van der Waals surface area contributed by atoms with Crippen LogP contribution in [0, 0.1) is 0 Å². The molecular weight excluding hydrogens is 394 g/mol. The molecule has 7 heteroatoms. The summed E-state index contributed by atoms with van der Waals surface area (Å²) in [5.74, 6) is 0. The van der Waals surface area contributed by atoms with Crippen LogP contribution in [0.15, 0.2) is 58.7 Å². The molecule has 5 rings (SSSR count). The predicted octanol–water partition coefficient (Wildman–Crippen LogP) is 4.01. The van der Waals surface area contributed by atoms with E-state index in [1.54, 1.807) is 0 Å². The average Bonchev–Trinajstić information content (AvgIpc) is 3.36. The van der Waals surface area contributed by atoms with Gasteiger partial charge in [-0.3, -0.25) is 4.90 Å². The number of methoxy groups -OCH3 is 1. The topological polar surface area (TPSA) is 36.0 Å². The maximum absolute atomic E-state index is 12.4. The van der Waals surface area contributed by atoms with Gasteiger partial charge in [-0.15, -0.1) is 10.5 Å². The number of allylic oxidation sites excluding steroid dienone is 2. The minimum absolute atomic E-state index is 0.00538. The van der Waals surface area contributed by atoms with E-state index in [0.29, 0.717) is 18.1 Å². The highest BCUT2D eigenvalue weighted by atomic mass is 35.5. The molecule has 146 valence electrons. The van der Waals surface area contributed by atoms with E-state index in [4.69, 9.17) is 16.3 Å². The van der Waals surface area contributed by atoms with Crippen molar-refractivity contribution in [2.45, 2.75) is 12.6 Å². The normalized spacial score (nSPS) is 26.2. The van der Waals surface area contributed by atoms with Crippen molar-refractivity contribution in [3.63, 3.8) is 0 Å². The van der Waals surface area contributed by atoms with Crippen molar-refractivity contribution in [2.24, 2.45) is 0 Å². The Kier molecular flexibility index (Phi) is 4.38. The summed E-state index contributed by atoms with van der Waals surface area (Å²) in [5, 5.41) is 0.712. The lowest BCUT2D eigenvalue weighted by atomic mass is 10.1. The molecule has 1 aliphatic carbocycles. The van der Waals surface area contributed by atoms with E-state index in [2.05, 4.69) is 34.4 Å². The number of rotatable bonds is 1. The minimum Gasteiger partial charge on any atom is -0.453 e. The Labute approximate surface area is 172 Å². The van der Waals surface area contributed by atoms with Gasteiger partial charge in [0.25, 0.3) is 0 Å². The predicted molar refractivity (Wildman–Crippen MR) is 116 cm³/mol. The summed E-state index contributed by atoms with van der Waals surface area (Å²) in [7, 11) is 1.45. The summed E-state index contributed by atoms with van der Waals surface area (Å²) in [4.78, 5) is 21.7. The minimum atomic E-state index is -0.273. The first-order valence-electron chi connectivity index (χ1n) is 9.37. The summed E-state index contributed by atoms with van der Waals surface area (Å²) in [6.07, 6.45) is 9.67. The molecule has 1 fully saturated rings. The van der Waals surface area contributed by atoms with Gasteiger partial charge in [-0.05, 0) is 30.4 Å². The Morgan fingerprint density at radius 2 is 2.11 bits per heavy atom. The molecule has 2 atom stereocenters. The number of fused-ring (bicyclic) bond motifs is 4. The van der Waals surface area contributed by atoms with Crippen LogP contribution < -0.4 is 4.90 Å². The van der Waals surface area contributed by atoms with E-state index in [-0.39, 0.29) is 22.7 Å².